The zero-order chi connectivity index (χ0) is 23.9. The minimum absolute atomic E-state index is 0.454. The second kappa shape index (κ2) is 7.81. The van der Waals surface area contributed by atoms with Gasteiger partial charge in [0.25, 0.3) is 0 Å². The van der Waals surface area contributed by atoms with Crippen LogP contribution in [0.1, 0.15) is 37.0 Å². The van der Waals surface area contributed by atoms with Crippen LogP contribution in [0.5, 0.6) is 11.5 Å². The number of rotatable bonds is 5. The lowest BCUT2D eigenvalue weighted by molar-refractivity contribution is -0.253. The van der Waals surface area contributed by atoms with Crippen LogP contribution in [-0.2, 0) is 9.47 Å². The third-order valence-corrected chi connectivity index (χ3v) is 6.46. The van der Waals surface area contributed by atoms with Crippen LogP contribution in [0.4, 0.5) is 0 Å². The van der Waals surface area contributed by atoms with Gasteiger partial charge >= 0.3 is 0 Å². The quantitative estimate of drug-likeness (QED) is 0.733. The van der Waals surface area contributed by atoms with E-state index < -0.39 is 34.5 Å². The molecule has 0 radical (unpaired) electrons. The van der Waals surface area contributed by atoms with Crippen LogP contribution in [0.3, 0.4) is 0 Å². The molecule has 2 heterocycles. The largest absolute Gasteiger partial charge is 0.497 e. The van der Waals surface area contributed by atoms with Gasteiger partial charge in [-0.05, 0) is 42.3 Å². The average Bonchev–Trinajstić information content (AvgIpc) is 3.02. The molecule has 0 spiro atoms. The topological polar surface area (TPSA) is 132 Å². The summed E-state index contributed by atoms with van der Waals surface area (Å²) < 4.78 is 22.9. The lowest BCUT2D eigenvalue weighted by Gasteiger charge is -2.48. The number of benzene rings is 2. The van der Waals surface area contributed by atoms with E-state index in [4.69, 9.17) is 24.4 Å². The summed E-state index contributed by atoms with van der Waals surface area (Å²) in [6.07, 6.45) is -1.13. The number of nitrogens with zero attached hydrogens (tertiary/aromatic N) is 3. The summed E-state index contributed by atoms with van der Waals surface area (Å²) in [6, 6.07) is 20.0. The van der Waals surface area contributed by atoms with Gasteiger partial charge < -0.3 is 18.9 Å². The maximum Gasteiger partial charge on any atom is 0.218 e. The van der Waals surface area contributed by atoms with Crippen molar-refractivity contribution in [3.05, 3.63) is 59.7 Å². The predicted molar refractivity (Wildman–Crippen MR) is 116 cm³/mol. The van der Waals surface area contributed by atoms with E-state index in [1.807, 2.05) is 6.92 Å². The fourth-order valence-corrected chi connectivity index (χ4v) is 4.99. The SMILES string of the molecule is CCOc1ccc(C2OC3(C)OC(=N)C(C#N)(C3c3ccc(OC)cc3)C2(C#N)C#N)cc1. The van der Waals surface area contributed by atoms with Crippen molar-refractivity contribution < 1.29 is 18.9 Å². The number of nitrogens with one attached hydrogen (secondary N) is 1. The van der Waals surface area contributed by atoms with Gasteiger partial charge in [0.15, 0.2) is 5.41 Å². The van der Waals surface area contributed by atoms with E-state index in [2.05, 4.69) is 18.2 Å². The van der Waals surface area contributed by atoms with Gasteiger partial charge in [0.1, 0.15) is 17.6 Å². The number of ether oxygens (including phenoxy) is 4. The number of nitriles is 3. The molecule has 8 nitrogen and oxygen atoms in total. The van der Waals surface area contributed by atoms with E-state index >= 15 is 0 Å². The van der Waals surface area contributed by atoms with Crippen LogP contribution in [-0.4, -0.2) is 25.4 Å². The number of hydrogen-bond acceptors (Lipinski definition) is 8. The van der Waals surface area contributed by atoms with Crippen LogP contribution in [0, 0.1) is 50.2 Å². The fraction of sp³-hybridized carbons (Fsp3) is 0.360. The van der Waals surface area contributed by atoms with E-state index in [1.165, 1.54) is 7.11 Å². The maximum absolute atomic E-state index is 10.5. The highest BCUT2D eigenvalue weighted by Crippen LogP contribution is 2.69. The summed E-state index contributed by atoms with van der Waals surface area (Å²) in [6.45, 7) is 3.99. The Kier molecular flexibility index (Phi) is 5.24. The molecule has 4 rings (SSSR count). The van der Waals surface area contributed by atoms with Gasteiger partial charge in [-0.1, -0.05) is 24.3 Å². The Labute approximate surface area is 192 Å². The lowest BCUT2D eigenvalue weighted by atomic mass is 9.52. The molecule has 4 atom stereocenters. The first kappa shape index (κ1) is 22.1. The van der Waals surface area contributed by atoms with Crippen molar-refractivity contribution in [2.75, 3.05) is 13.7 Å². The molecule has 2 fully saturated rings. The van der Waals surface area contributed by atoms with Gasteiger partial charge in [0.05, 0.1) is 37.8 Å². The molecule has 2 saturated heterocycles. The summed E-state index contributed by atoms with van der Waals surface area (Å²) in [5, 5.41) is 39.9. The van der Waals surface area contributed by atoms with E-state index in [-0.39, 0.29) is 0 Å². The average molecular weight is 442 g/mol. The minimum Gasteiger partial charge on any atom is -0.497 e. The maximum atomic E-state index is 10.5. The summed E-state index contributed by atoms with van der Waals surface area (Å²) >= 11 is 0. The molecule has 1 N–H and O–H groups in total. The summed E-state index contributed by atoms with van der Waals surface area (Å²) in [7, 11) is 1.54. The summed E-state index contributed by atoms with van der Waals surface area (Å²) in [5.74, 6) is -1.58. The first-order chi connectivity index (χ1) is 15.9. The Morgan fingerprint density at radius 2 is 1.52 bits per heavy atom. The van der Waals surface area contributed by atoms with E-state index in [1.54, 1.807) is 55.5 Å². The van der Waals surface area contributed by atoms with Gasteiger partial charge in [-0.15, -0.1) is 0 Å². The molecule has 4 unspecified atom stereocenters. The molecule has 2 aromatic carbocycles. The third-order valence-electron chi connectivity index (χ3n) is 6.46. The highest BCUT2D eigenvalue weighted by molar-refractivity contribution is 5.90. The zero-order valence-electron chi connectivity index (χ0n) is 18.5. The monoisotopic (exact) mass is 442 g/mol. The van der Waals surface area contributed by atoms with E-state index in [0.717, 1.165) is 0 Å². The van der Waals surface area contributed by atoms with Gasteiger partial charge in [0.2, 0.25) is 17.1 Å². The van der Waals surface area contributed by atoms with Gasteiger partial charge in [0, 0.05) is 6.92 Å². The lowest BCUT2D eigenvalue weighted by Crippen LogP contribution is -2.57. The molecule has 2 bridgehead atoms. The smallest absolute Gasteiger partial charge is 0.218 e. The van der Waals surface area contributed by atoms with Crippen molar-refractivity contribution in [1.82, 2.24) is 0 Å². The zero-order valence-corrected chi connectivity index (χ0v) is 18.5. The van der Waals surface area contributed by atoms with Crippen molar-refractivity contribution in [3.8, 4) is 29.7 Å². The van der Waals surface area contributed by atoms with E-state index in [0.29, 0.717) is 29.2 Å². The number of hydrogen-bond donors (Lipinski definition) is 1. The second-order valence-electron chi connectivity index (χ2n) is 8.10. The fourth-order valence-electron chi connectivity index (χ4n) is 4.99. The first-order valence-electron chi connectivity index (χ1n) is 10.4. The Balaban J connectivity index is 1.93. The highest BCUT2D eigenvalue weighted by Gasteiger charge is 2.79. The molecular weight excluding hydrogens is 420 g/mol. The Bertz CT molecular complexity index is 1190. The molecule has 2 aliphatic rings. The van der Waals surface area contributed by atoms with Crippen LogP contribution in [0.15, 0.2) is 48.5 Å². The van der Waals surface area contributed by atoms with Gasteiger partial charge in [-0.3, -0.25) is 5.41 Å². The molecule has 0 aliphatic carbocycles. The summed E-state index contributed by atoms with van der Waals surface area (Å²) in [5.41, 5.74) is -2.84. The van der Waals surface area contributed by atoms with Gasteiger partial charge in [-0.25, -0.2) is 0 Å². The number of methoxy groups -OCH3 is 1. The van der Waals surface area contributed by atoms with Gasteiger partial charge in [-0.2, -0.15) is 15.8 Å². The molecule has 0 amide bonds. The van der Waals surface area contributed by atoms with Crippen LogP contribution >= 0.6 is 0 Å². The second-order valence-corrected chi connectivity index (χ2v) is 8.10. The normalized spacial score (nSPS) is 29.2. The van der Waals surface area contributed by atoms with E-state index in [9.17, 15) is 15.8 Å². The molecule has 0 saturated carbocycles. The molecular formula is C25H22N4O4. The van der Waals surface area contributed by atoms with Crippen LogP contribution < -0.4 is 9.47 Å². The van der Waals surface area contributed by atoms with Crippen molar-refractivity contribution in [2.45, 2.75) is 31.7 Å². The summed E-state index contributed by atoms with van der Waals surface area (Å²) in [4.78, 5) is 0. The minimum atomic E-state index is -2.05. The predicted octanol–water partition coefficient (Wildman–Crippen LogP) is 4.22. The van der Waals surface area contributed by atoms with Crippen molar-refractivity contribution in [1.29, 1.82) is 21.2 Å². The first-order valence-corrected chi connectivity index (χ1v) is 10.4. The molecule has 2 aliphatic heterocycles. The molecule has 33 heavy (non-hydrogen) atoms. The van der Waals surface area contributed by atoms with Crippen molar-refractivity contribution >= 4 is 5.90 Å². The third kappa shape index (κ3) is 2.87. The van der Waals surface area contributed by atoms with Crippen molar-refractivity contribution in [3.63, 3.8) is 0 Å². The standard InChI is InChI=1S/C25H22N4O4/c1-4-31-19-11-7-17(8-12-19)21-24(13-26,14-27)25(15-28)20(23(2,32-21)33-22(25)29)16-5-9-18(30-3)10-6-16/h5-12,20-21,29H,4H2,1-3H3. The highest BCUT2D eigenvalue weighted by atomic mass is 16.7. The molecule has 8 heteroatoms. The Morgan fingerprint density at radius 3 is 2.03 bits per heavy atom. The molecule has 0 aromatic heterocycles. The molecule has 2 aromatic rings. The molecule has 166 valence electrons. The van der Waals surface area contributed by atoms with Crippen molar-refractivity contribution in [2.24, 2.45) is 10.8 Å². The Morgan fingerprint density at radius 1 is 0.939 bits per heavy atom. The number of fused-ring (bicyclic) bond motifs is 2. The Hall–Kier alpha value is -4.06. The van der Waals surface area contributed by atoms with Crippen LogP contribution in [0.2, 0.25) is 0 Å². The van der Waals surface area contributed by atoms with Crippen LogP contribution in [0.25, 0.3) is 0 Å².